The molecule has 28 heavy (non-hydrogen) atoms. The van der Waals surface area contributed by atoms with Gasteiger partial charge in [-0.25, -0.2) is 14.2 Å². The maximum Gasteiger partial charge on any atom is 0.411 e. The van der Waals surface area contributed by atoms with Gasteiger partial charge in [0, 0.05) is 6.54 Å². The van der Waals surface area contributed by atoms with E-state index in [-0.39, 0.29) is 29.7 Å². The molecule has 0 radical (unpaired) electrons. The quantitative estimate of drug-likeness (QED) is 0.567. The number of rotatable bonds is 7. The summed E-state index contributed by atoms with van der Waals surface area (Å²) in [4.78, 5) is 17.7. The molecule has 10 heteroatoms. The zero-order valence-electron chi connectivity index (χ0n) is 15.1. The van der Waals surface area contributed by atoms with Crippen LogP contribution in [0.25, 0.3) is 11.0 Å². The molecule has 6 nitrogen and oxygen atoms in total. The number of hydrogen-bond acceptors (Lipinski definition) is 4. The number of alkyl halides is 3. The van der Waals surface area contributed by atoms with Gasteiger partial charge >= 0.3 is 12.1 Å². The number of nitrogens with zero attached hydrogens (tertiary/aromatic N) is 3. The lowest BCUT2D eigenvalue weighted by molar-refractivity contribution is -0.174. The summed E-state index contributed by atoms with van der Waals surface area (Å²) in [6.45, 7) is 0.508. The van der Waals surface area contributed by atoms with E-state index in [0.717, 1.165) is 38.4 Å². The van der Waals surface area contributed by atoms with Gasteiger partial charge in [0.2, 0.25) is 0 Å². The number of carboxylic acid groups (broad SMARTS) is 1. The van der Waals surface area contributed by atoms with Gasteiger partial charge in [0.1, 0.15) is 17.9 Å². The van der Waals surface area contributed by atoms with Crippen LogP contribution in [0.2, 0.25) is 0 Å². The van der Waals surface area contributed by atoms with E-state index in [1.165, 1.54) is 6.07 Å². The second-order valence-corrected chi connectivity index (χ2v) is 6.82. The summed E-state index contributed by atoms with van der Waals surface area (Å²) in [7, 11) is 0. The highest BCUT2D eigenvalue weighted by Crippen LogP contribution is 2.24. The third-order valence-corrected chi connectivity index (χ3v) is 4.67. The van der Waals surface area contributed by atoms with E-state index in [2.05, 4.69) is 14.6 Å². The van der Waals surface area contributed by atoms with Crippen molar-refractivity contribution in [2.75, 3.05) is 26.3 Å². The second kappa shape index (κ2) is 8.44. The molecular formula is C18H21F4N3O3. The number of ether oxygens (including phenoxy) is 1. The number of aromatic nitrogens is 2. The molecular weight excluding hydrogens is 382 g/mol. The summed E-state index contributed by atoms with van der Waals surface area (Å²) in [6.07, 6.45) is -1.23. The molecule has 0 atom stereocenters. The number of hydrogen-bond donors (Lipinski definition) is 1. The fourth-order valence-electron chi connectivity index (χ4n) is 3.38. The lowest BCUT2D eigenvalue weighted by Crippen LogP contribution is -2.30. The summed E-state index contributed by atoms with van der Waals surface area (Å²) in [5, 5.41) is 9.18. The van der Waals surface area contributed by atoms with Crippen LogP contribution in [-0.2, 0) is 17.8 Å². The largest absolute Gasteiger partial charge is 0.478 e. The number of aromatic carboxylic acids is 1. The van der Waals surface area contributed by atoms with Gasteiger partial charge < -0.3 is 14.4 Å². The second-order valence-electron chi connectivity index (χ2n) is 6.82. The summed E-state index contributed by atoms with van der Waals surface area (Å²) >= 11 is 0. The van der Waals surface area contributed by atoms with Crippen LogP contribution in [0.3, 0.4) is 0 Å². The summed E-state index contributed by atoms with van der Waals surface area (Å²) in [5.41, 5.74) is -0.000249. The highest BCUT2D eigenvalue weighted by atomic mass is 19.4. The Hall–Kier alpha value is -2.20. The summed E-state index contributed by atoms with van der Waals surface area (Å²) < 4.78 is 57.5. The Morgan fingerprint density at radius 3 is 2.57 bits per heavy atom. The van der Waals surface area contributed by atoms with Crippen molar-refractivity contribution < 1.29 is 32.2 Å². The first-order chi connectivity index (χ1) is 13.2. The lowest BCUT2D eigenvalue weighted by Gasteiger charge is -2.26. The van der Waals surface area contributed by atoms with Crippen molar-refractivity contribution >= 4 is 17.0 Å². The minimum atomic E-state index is -4.43. The maximum atomic E-state index is 14.4. The molecule has 3 rings (SSSR count). The van der Waals surface area contributed by atoms with Crippen LogP contribution < -0.4 is 0 Å². The smallest absolute Gasteiger partial charge is 0.411 e. The molecule has 1 aromatic carbocycles. The van der Waals surface area contributed by atoms with Crippen LogP contribution in [0.1, 0.15) is 35.4 Å². The van der Waals surface area contributed by atoms with E-state index in [4.69, 9.17) is 0 Å². The lowest BCUT2D eigenvalue weighted by atomic mass is 10.1. The Morgan fingerprint density at radius 1 is 1.21 bits per heavy atom. The minimum absolute atomic E-state index is 0.00725. The average Bonchev–Trinajstić information content (AvgIpc) is 2.96. The number of halogens is 4. The van der Waals surface area contributed by atoms with Crippen molar-refractivity contribution in [2.45, 2.75) is 38.5 Å². The zero-order chi connectivity index (χ0) is 20.3. The van der Waals surface area contributed by atoms with Gasteiger partial charge in [-0.1, -0.05) is 6.42 Å². The predicted octanol–water partition coefficient (Wildman–Crippen LogP) is 3.44. The molecule has 2 aromatic rings. The topological polar surface area (TPSA) is 67.6 Å². The van der Waals surface area contributed by atoms with Crippen molar-refractivity contribution in [3.63, 3.8) is 0 Å². The Morgan fingerprint density at radius 2 is 1.93 bits per heavy atom. The number of carbonyl (C=O) groups is 1. The Kier molecular flexibility index (Phi) is 6.19. The zero-order valence-corrected chi connectivity index (χ0v) is 15.1. The molecule has 0 spiro atoms. The van der Waals surface area contributed by atoms with Crippen molar-refractivity contribution in [3.8, 4) is 0 Å². The first kappa shape index (κ1) is 20.5. The van der Waals surface area contributed by atoms with Crippen LogP contribution in [0.15, 0.2) is 12.1 Å². The van der Waals surface area contributed by atoms with Crippen LogP contribution in [0.4, 0.5) is 17.6 Å². The van der Waals surface area contributed by atoms with Gasteiger partial charge in [0.05, 0.1) is 24.2 Å². The van der Waals surface area contributed by atoms with E-state index in [1.54, 1.807) is 4.57 Å². The van der Waals surface area contributed by atoms with Gasteiger partial charge in [-0.3, -0.25) is 4.90 Å². The van der Waals surface area contributed by atoms with E-state index in [9.17, 15) is 27.5 Å². The third kappa shape index (κ3) is 4.99. The van der Waals surface area contributed by atoms with E-state index >= 15 is 0 Å². The Labute approximate surface area is 158 Å². The fourth-order valence-corrected chi connectivity index (χ4v) is 3.38. The molecule has 154 valence electrons. The highest BCUT2D eigenvalue weighted by molar-refractivity contribution is 5.92. The summed E-state index contributed by atoms with van der Waals surface area (Å²) in [6, 6.07) is 2.18. The predicted molar refractivity (Wildman–Crippen MR) is 92.7 cm³/mol. The number of likely N-dealkylation sites (tertiary alicyclic amines) is 1. The van der Waals surface area contributed by atoms with Gasteiger partial charge in [-0.2, -0.15) is 13.2 Å². The molecule has 0 aliphatic carbocycles. The minimum Gasteiger partial charge on any atom is -0.478 e. The molecule has 1 aliphatic heterocycles. The fraction of sp³-hybridized carbons (Fsp3) is 0.556. The first-order valence-electron chi connectivity index (χ1n) is 9.03. The van der Waals surface area contributed by atoms with Gasteiger partial charge in [-0.15, -0.1) is 0 Å². The summed E-state index contributed by atoms with van der Waals surface area (Å²) in [5.74, 6) is -1.59. The monoisotopic (exact) mass is 403 g/mol. The van der Waals surface area contributed by atoms with Gasteiger partial charge in [-0.05, 0) is 38.1 Å². The molecule has 1 aromatic heterocycles. The highest BCUT2D eigenvalue weighted by Gasteiger charge is 2.27. The van der Waals surface area contributed by atoms with Crippen molar-refractivity contribution in [1.82, 2.24) is 14.5 Å². The van der Waals surface area contributed by atoms with Crippen LogP contribution in [0.5, 0.6) is 0 Å². The number of piperidine rings is 1. The molecule has 1 saturated heterocycles. The average molecular weight is 403 g/mol. The molecule has 0 bridgehead atoms. The molecule has 0 unspecified atom stereocenters. The van der Waals surface area contributed by atoms with Gasteiger partial charge in [0.15, 0.2) is 5.82 Å². The van der Waals surface area contributed by atoms with Crippen LogP contribution in [-0.4, -0.2) is 58.0 Å². The number of carboxylic acids is 1. The number of benzene rings is 1. The molecule has 1 N–H and O–H groups in total. The molecule has 0 amide bonds. The number of fused-ring (bicyclic) bond motifs is 1. The normalized spacial score (nSPS) is 16.0. The number of imidazole rings is 1. The maximum absolute atomic E-state index is 14.4. The van der Waals surface area contributed by atoms with Crippen LogP contribution >= 0.6 is 0 Å². The van der Waals surface area contributed by atoms with E-state index in [0.29, 0.717) is 12.4 Å². The van der Waals surface area contributed by atoms with Crippen LogP contribution in [0, 0.1) is 5.82 Å². The van der Waals surface area contributed by atoms with E-state index < -0.39 is 24.6 Å². The molecule has 1 fully saturated rings. The molecule has 1 aliphatic rings. The van der Waals surface area contributed by atoms with Crippen molar-refractivity contribution in [1.29, 1.82) is 0 Å². The van der Waals surface area contributed by atoms with E-state index in [1.807, 2.05) is 0 Å². The Balaban J connectivity index is 1.90. The Bertz CT molecular complexity index is 845. The standard InChI is InChI=1S/C18H21F4N3O3/c19-13-8-12(17(26)27)9-14-16(13)23-15(10-24-4-2-1-3-5-24)25(14)6-7-28-11-18(20,21)22/h8-9H,1-7,10-11H2,(H,26,27). The molecule has 2 heterocycles. The van der Waals surface area contributed by atoms with Gasteiger partial charge in [0.25, 0.3) is 0 Å². The van der Waals surface area contributed by atoms with Crippen molar-refractivity contribution in [3.05, 3.63) is 29.3 Å². The molecule has 0 saturated carbocycles. The first-order valence-corrected chi connectivity index (χ1v) is 9.03. The SMILES string of the molecule is O=C(O)c1cc(F)c2nc(CN3CCCCC3)n(CCOCC(F)(F)F)c2c1. The van der Waals surface area contributed by atoms with Crippen molar-refractivity contribution in [2.24, 2.45) is 0 Å². The third-order valence-electron chi connectivity index (χ3n) is 4.67.